The van der Waals surface area contributed by atoms with E-state index >= 15 is 0 Å². The van der Waals surface area contributed by atoms with Gasteiger partial charge in [0.25, 0.3) is 0 Å². The Morgan fingerprint density at radius 3 is 2.75 bits per heavy atom. The predicted octanol–water partition coefficient (Wildman–Crippen LogP) is 4.05. The molecule has 0 bridgehead atoms. The second-order valence-electron chi connectivity index (χ2n) is 4.68. The first-order valence-corrected chi connectivity index (χ1v) is 7.54. The third-order valence-corrected chi connectivity index (χ3v) is 4.54. The molecule has 0 spiro atoms. The maximum atomic E-state index is 6.06. The van der Waals surface area contributed by atoms with Crippen LogP contribution in [0.3, 0.4) is 0 Å². The van der Waals surface area contributed by atoms with Crippen LogP contribution in [0.15, 0.2) is 42.6 Å². The quantitative estimate of drug-likeness (QED) is 0.759. The summed E-state index contributed by atoms with van der Waals surface area (Å²) in [5.74, 6) is 0. The Kier molecular flexibility index (Phi) is 3.56. The Morgan fingerprint density at radius 2 is 1.95 bits per heavy atom. The number of aryl methyl sites for hydroxylation is 1. The molecule has 1 aromatic carbocycles. The smallest absolute Gasteiger partial charge is 0.0743 e. The monoisotopic (exact) mass is 283 g/mol. The van der Waals surface area contributed by atoms with Crippen LogP contribution >= 0.6 is 11.3 Å². The van der Waals surface area contributed by atoms with Gasteiger partial charge in [0.2, 0.25) is 0 Å². The van der Waals surface area contributed by atoms with E-state index in [2.05, 4.69) is 29.4 Å². The lowest BCUT2D eigenvalue weighted by Gasteiger charge is -2.11. The van der Waals surface area contributed by atoms with Gasteiger partial charge in [0.15, 0.2) is 0 Å². The van der Waals surface area contributed by atoms with Crippen molar-refractivity contribution in [1.29, 1.82) is 0 Å². The molecule has 2 aromatic heterocycles. The fraction of sp³-hybridized carbons (Fsp3) is 0.188. The van der Waals surface area contributed by atoms with Gasteiger partial charge in [-0.05, 0) is 24.6 Å². The average molecular weight is 283 g/mol. The van der Waals surface area contributed by atoms with Crippen LogP contribution in [0.1, 0.15) is 16.7 Å². The number of hydrogen-bond donors (Lipinski definition) is 2. The summed E-state index contributed by atoms with van der Waals surface area (Å²) in [5, 5.41) is 4.52. The summed E-state index contributed by atoms with van der Waals surface area (Å²) in [5.41, 5.74) is 8.69. The molecule has 2 heterocycles. The number of fused-ring (bicyclic) bond motifs is 1. The van der Waals surface area contributed by atoms with Crippen LogP contribution < -0.4 is 11.1 Å². The lowest BCUT2D eigenvalue weighted by molar-refractivity contribution is 1.19. The third-order valence-electron chi connectivity index (χ3n) is 3.31. The van der Waals surface area contributed by atoms with E-state index in [9.17, 15) is 0 Å². The van der Waals surface area contributed by atoms with Gasteiger partial charge in [0.05, 0.1) is 23.1 Å². The molecule has 0 saturated heterocycles. The maximum Gasteiger partial charge on any atom is 0.0743 e. The predicted molar refractivity (Wildman–Crippen MR) is 87.2 cm³/mol. The number of rotatable bonds is 4. The molecular weight excluding hydrogens is 266 g/mol. The molecule has 0 atom stereocenters. The number of thiophene rings is 1. The standard InChI is InChI=1S/C16H17N3S/c1-2-11-7-8-12(20-11)9-19-16-13-5-3-4-6-15(13)18-10-14(16)17/h3-8,10H,2,9,17H2,1H3,(H,18,19). The SMILES string of the molecule is CCc1ccc(CNc2c(N)cnc3ccccc23)s1. The van der Waals surface area contributed by atoms with Gasteiger partial charge in [-0.15, -0.1) is 11.3 Å². The van der Waals surface area contributed by atoms with Crippen molar-refractivity contribution >= 4 is 33.6 Å². The van der Waals surface area contributed by atoms with Crippen LogP contribution in [0, 0.1) is 0 Å². The number of nitrogens with one attached hydrogen (secondary N) is 1. The Hall–Kier alpha value is -2.07. The highest BCUT2D eigenvalue weighted by molar-refractivity contribution is 7.12. The summed E-state index contributed by atoms with van der Waals surface area (Å²) in [7, 11) is 0. The summed E-state index contributed by atoms with van der Waals surface area (Å²) in [6.07, 6.45) is 2.81. The summed E-state index contributed by atoms with van der Waals surface area (Å²) in [6, 6.07) is 12.4. The topological polar surface area (TPSA) is 50.9 Å². The van der Waals surface area contributed by atoms with Gasteiger partial charge in [-0.25, -0.2) is 0 Å². The van der Waals surface area contributed by atoms with Crippen molar-refractivity contribution in [3.63, 3.8) is 0 Å². The summed E-state index contributed by atoms with van der Waals surface area (Å²) in [6.45, 7) is 2.97. The number of nitrogens with two attached hydrogens (primary N) is 1. The van der Waals surface area contributed by atoms with E-state index in [4.69, 9.17) is 5.73 Å². The Morgan fingerprint density at radius 1 is 1.15 bits per heavy atom. The molecule has 0 fully saturated rings. The molecule has 20 heavy (non-hydrogen) atoms. The summed E-state index contributed by atoms with van der Waals surface area (Å²) in [4.78, 5) is 7.08. The zero-order valence-corrected chi connectivity index (χ0v) is 12.2. The second kappa shape index (κ2) is 5.51. The van der Waals surface area contributed by atoms with Gasteiger partial charge in [-0.1, -0.05) is 25.1 Å². The second-order valence-corrected chi connectivity index (χ2v) is 5.93. The van der Waals surface area contributed by atoms with Crippen molar-refractivity contribution in [2.75, 3.05) is 11.1 Å². The molecule has 0 aliphatic carbocycles. The summed E-state index contributed by atoms with van der Waals surface area (Å²) < 4.78 is 0. The molecule has 3 rings (SSSR count). The first kappa shape index (κ1) is 12.9. The molecule has 0 aliphatic heterocycles. The highest BCUT2D eigenvalue weighted by Crippen LogP contribution is 2.28. The van der Waals surface area contributed by atoms with E-state index < -0.39 is 0 Å². The lowest BCUT2D eigenvalue weighted by atomic mass is 10.1. The third kappa shape index (κ3) is 2.47. The number of para-hydroxylation sites is 1. The Bertz CT molecular complexity index is 733. The molecule has 3 nitrogen and oxygen atoms in total. The normalized spacial score (nSPS) is 10.8. The minimum absolute atomic E-state index is 0.691. The molecule has 0 amide bonds. The van der Waals surface area contributed by atoms with Crippen LogP contribution in [0.2, 0.25) is 0 Å². The van der Waals surface area contributed by atoms with Gasteiger partial charge in [0.1, 0.15) is 0 Å². The van der Waals surface area contributed by atoms with Crippen LogP contribution in [-0.4, -0.2) is 4.98 Å². The molecule has 0 unspecified atom stereocenters. The Labute approximate surface area is 122 Å². The van der Waals surface area contributed by atoms with E-state index in [1.165, 1.54) is 9.75 Å². The van der Waals surface area contributed by atoms with Crippen molar-refractivity contribution in [3.8, 4) is 0 Å². The van der Waals surface area contributed by atoms with Crippen LogP contribution in [0.4, 0.5) is 11.4 Å². The lowest BCUT2D eigenvalue weighted by Crippen LogP contribution is -2.02. The van der Waals surface area contributed by atoms with Gasteiger partial charge in [0, 0.05) is 21.7 Å². The van der Waals surface area contributed by atoms with Crippen molar-refractivity contribution in [2.45, 2.75) is 19.9 Å². The van der Waals surface area contributed by atoms with Crippen LogP contribution in [0.5, 0.6) is 0 Å². The minimum Gasteiger partial charge on any atom is -0.396 e. The molecule has 0 saturated carbocycles. The van der Waals surface area contributed by atoms with Gasteiger partial charge >= 0.3 is 0 Å². The van der Waals surface area contributed by atoms with E-state index in [-0.39, 0.29) is 0 Å². The molecule has 3 N–H and O–H groups in total. The molecule has 3 aromatic rings. The highest BCUT2D eigenvalue weighted by atomic mass is 32.1. The summed E-state index contributed by atoms with van der Waals surface area (Å²) >= 11 is 1.84. The minimum atomic E-state index is 0.691. The number of anilines is 2. The van der Waals surface area contributed by atoms with Crippen molar-refractivity contribution in [2.24, 2.45) is 0 Å². The number of nitrogens with zero attached hydrogens (tertiary/aromatic N) is 1. The molecular formula is C16H17N3S. The van der Waals surface area contributed by atoms with Crippen molar-refractivity contribution in [1.82, 2.24) is 4.98 Å². The van der Waals surface area contributed by atoms with Gasteiger partial charge in [-0.3, -0.25) is 4.98 Å². The number of pyridine rings is 1. The zero-order valence-electron chi connectivity index (χ0n) is 11.4. The van der Waals surface area contributed by atoms with E-state index in [0.29, 0.717) is 5.69 Å². The van der Waals surface area contributed by atoms with Crippen molar-refractivity contribution in [3.05, 3.63) is 52.3 Å². The van der Waals surface area contributed by atoms with E-state index in [1.807, 2.05) is 35.6 Å². The fourth-order valence-corrected chi connectivity index (χ4v) is 3.13. The molecule has 4 heteroatoms. The van der Waals surface area contributed by atoms with Crippen LogP contribution in [0.25, 0.3) is 10.9 Å². The molecule has 102 valence electrons. The van der Waals surface area contributed by atoms with Crippen LogP contribution in [-0.2, 0) is 13.0 Å². The Balaban J connectivity index is 1.88. The number of hydrogen-bond acceptors (Lipinski definition) is 4. The first-order chi connectivity index (χ1) is 9.78. The van der Waals surface area contributed by atoms with Gasteiger partial charge in [-0.2, -0.15) is 0 Å². The number of aromatic nitrogens is 1. The number of nitrogen functional groups attached to an aromatic ring is 1. The number of benzene rings is 1. The van der Waals surface area contributed by atoms with E-state index in [0.717, 1.165) is 29.6 Å². The maximum absolute atomic E-state index is 6.06. The first-order valence-electron chi connectivity index (χ1n) is 6.72. The average Bonchev–Trinajstić information content (AvgIpc) is 2.94. The molecule has 0 radical (unpaired) electrons. The molecule has 0 aliphatic rings. The highest BCUT2D eigenvalue weighted by Gasteiger charge is 2.06. The van der Waals surface area contributed by atoms with E-state index in [1.54, 1.807) is 6.20 Å². The van der Waals surface area contributed by atoms with Gasteiger partial charge < -0.3 is 11.1 Å². The van der Waals surface area contributed by atoms with Crippen molar-refractivity contribution < 1.29 is 0 Å². The zero-order chi connectivity index (χ0) is 13.9. The largest absolute Gasteiger partial charge is 0.396 e. The fourth-order valence-electron chi connectivity index (χ4n) is 2.24.